The molecule has 0 saturated carbocycles. The number of anilines is 1. The zero-order valence-electron chi connectivity index (χ0n) is 7.36. The molecule has 1 aliphatic heterocycles. The van der Waals surface area contributed by atoms with Gasteiger partial charge in [-0.1, -0.05) is 5.16 Å². The van der Waals surface area contributed by atoms with E-state index in [1.165, 1.54) is 0 Å². The van der Waals surface area contributed by atoms with E-state index in [0.29, 0.717) is 12.4 Å². The van der Waals surface area contributed by atoms with E-state index in [4.69, 9.17) is 15.4 Å². The van der Waals surface area contributed by atoms with E-state index in [-0.39, 0.29) is 6.61 Å². The number of nitrogen functional groups attached to an aromatic ring is 1. The van der Waals surface area contributed by atoms with Gasteiger partial charge in [0.05, 0.1) is 6.61 Å². The van der Waals surface area contributed by atoms with Gasteiger partial charge in [-0.15, -0.1) is 0 Å². The minimum absolute atomic E-state index is 0.183. The molecule has 5 heteroatoms. The molecule has 13 heavy (non-hydrogen) atoms. The molecule has 2 heterocycles. The van der Waals surface area contributed by atoms with Crippen LogP contribution in [0.1, 0.15) is 11.3 Å². The van der Waals surface area contributed by atoms with Gasteiger partial charge in [0.2, 0.25) is 5.88 Å². The summed E-state index contributed by atoms with van der Waals surface area (Å²) in [6.45, 7) is 2.52. The standard InChI is InChI=1S/C8H13N3O2/c9-8-6-1-2-11(3-4-12)5-7(6)10-13-8/h12H,1-5,9H2. The molecular weight excluding hydrogens is 170 g/mol. The Morgan fingerprint density at radius 1 is 1.62 bits per heavy atom. The lowest BCUT2D eigenvalue weighted by atomic mass is 10.1. The van der Waals surface area contributed by atoms with Crippen LogP contribution >= 0.6 is 0 Å². The summed E-state index contributed by atoms with van der Waals surface area (Å²) in [5.74, 6) is 0.443. The zero-order valence-corrected chi connectivity index (χ0v) is 7.36. The number of aromatic nitrogens is 1. The number of nitrogens with two attached hydrogens (primary N) is 1. The summed E-state index contributed by atoms with van der Waals surface area (Å²) >= 11 is 0. The molecule has 2 rings (SSSR count). The summed E-state index contributed by atoms with van der Waals surface area (Å²) in [6, 6.07) is 0. The predicted molar refractivity (Wildman–Crippen MR) is 47.0 cm³/mol. The van der Waals surface area contributed by atoms with Gasteiger partial charge in [-0.05, 0) is 6.42 Å². The van der Waals surface area contributed by atoms with Crippen LogP contribution in [0.4, 0.5) is 5.88 Å². The summed E-state index contributed by atoms with van der Waals surface area (Å²) in [5, 5.41) is 12.6. The lowest BCUT2D eigenvalue weighted by Gasteiger charge is -2.24. The Hall–Kier alpha value is -1.07. The van der Waals surface area contributed by atoms with Crippen molar-refractivity contribution in [3.8, 4) is 0 Å². The van der Waals surface area contributed by atoms with Crippen molar-refractivity contribution in [2.45, 2.75) is 13.0 Å². The van der Waals surface area contributed by atoms with Crippen LogP contribution in [0.5, 0.6) is 0 Å². The van der Waals surface area contributed by atoms with E-state index in [0.717, 1.165) is 30.8 Å². The molecule has 3 N–H and O–H groups in total. The molecule has 5 nitrogen and oxygen atoms in total. The smallest absolute Gasteiger partial charge is 0.225 e. The number of aliphatic hydroxyl groups excluding tert-OH is 1. The van der Waals surface area contributed by atoms with Crippen LogP contribution in [0.15, 0.2) is 4.52 Å². The highest BCUT2D eigenvalue weighted by atomic mass is 16.5. The first kappa shape index (κ1) is 8.52. The highest BCUT2D eigenvalue weighted by Gasteiger charge is 2.21. The Kier molecular flexibility index (Phi) is 2.20. The van der Waals surface area contributed by atoms with Crippen molar-refractivity contribution in [2.24, 2.45) is 0 Å². The van der Waals surface area contributed by atoms with Gasteiger partial charge in [0.25, 0.3) is 0 Å². The number of aliphatic hydroxyl groups is 1. The van der Waals surface area contributed by atoms with E-state index in [1.807, 2.05) is 0 Å². The van der Waals surface area contributed by atoms with Crippen LogP contribution in [0.25, 0.3) is 0 Å². The number of hydrogen-bond donors (Lipinski definition) is 2. The van der Waals surface area contributed by atoms with Gasteiger partial charge in [-0.2, -0.15) is 0 Å². The number of fused-ring (bicyclic) bond motifs is 1. The summed E-state index contributed by atoms with van der Waals surface area (Å²) in [4.78, 5) is 2.13. The third-order valence-corrected chi connectivity index (χ3v) is 2.37. The highest BCUT2D eigenvalue weighted by Crippen LogP contribution is 2.22. The van der Waals surface area contributed by atoms with E-state index < -0.39 is 0 Å². The number of hydrogen-bond acceptors (Lipinski definition) is 5. The summed E-state index contributed by atoms with van der Waals surface area (Å²) in [6.07, 6.45) is 0.866. The third kappa shape index (κ3) is 1.52. The Morgan fingerprint density at radius 3 is 3.23 bits per heavy atom. The predicted octanol–water partition coefficient (Wildman–Crippen LogP) is -0.393. The fraction of sp³-hybridized carbons (Fsp3) is 0.625. The normalized spacial score (nSPS) is 17.3. The molecule has 0 bridgehead atoms. The molecule has 0 amide bonds. The van der Waals surface area contributed by atoms with Crippen LogP contribution in [0.3, 0.4) is 0 Å². The molecule has 72 valence electrons. The fourth-order valence-electron chi connectivity index (χ4n) is 1.64. The lowest BCUT2D eigenvalue weighted by molar-refractivity contribution is 0.182. The van der Waals surface area contributed by atoms with E-state index in [2.05, 4.69) is 10.1 Å². The second-order valence-electron chi connectivity index (χ2n) is 3.22. The van der Waals surface area contributed by atoms with Gasteiger partial charge in [0, 0.05) is 25.2 Å². The van der Waals surface area contributed by atoms with Crippen molar-refractivity contribution in [3.63, 3.8) is 0 Å². The quantitative estimate of drug-likeness (QED) is 0.653. The molecule has 1 aliphatic rings. The van der Waals surface area contributed by atoms with E-state index >= 15 is 0 Å². The Bertz CT molecular complexity index is 298. The number of β-amino-alcohol motifs (C(OH)–C–C–N with tert-alkyl or cyclic N) is 1. The molecule has 0 radical (unpaired) electrons. The summed E-state index contributed by atoms with van der Waals surface area (Å²) in [7, 11) is 0. The van der Waals surface area contributed by atoms with Crippen molar-refractivity contribution in [1.82, 2.24) is 10.1 Å². The van der Waals surface area contributed by atoms with Crippen LogP contribution in [0, 0.1) is 0 Å². The van der Waals surface area contributed by atoms with Crippen molar-refractivity contribution < 1.29 is 9.63 Å². The summed E-state index contributed by atoms with van der Waals surface area (Å²) < 4.78 is 4.88. The molecular formula is C8H13N3O2. The van der Waals surface area contributed by atoms with Gasteiger partial charge in [0.1, 0.15) is 5.69 Å². The topological polar surface area (TPSA) is 75.5 Å². The van der Waals surface area contributed by atoms with Gasteiger partial charge < -0.3 is 15.4 Å². The van der Waals surface area contributed by atoms with E-state index in [1.54, 1.807) is 0 Å². The fourth-order valence-corrected chi connectivity index (χ4v) is 1.64. The summed E-state index contributed by atoms with van der Waals surface area (Å²) in [5.41, 5.74) is 7.53. The minimum Gasteiger partial charge on any atom is -0.395 e. The molecule has 0 aliphatic carbocycles. The second kappa shape index (κ2) is 3.35. The Labute approximate surface area is 76.1 Å². The zero-order chi connectivity index (χ0) is 9.26. The number of rotatable bonds is 2. The van der Waals surface area contributed by atoms with Crippen LogP contribution in [-0.4, -0.2) is 34.9 Å². The molecule has 0 atom stereocenters. The first-order valence-electron chi connectivity index (χ1n) is 4.37. The molecule has 0 fully saturated rings. The number of nitrogens with zero attached hydrogens (tertiary/aromatic N) is 2. The van der Waals surface area contributed by atoms with Crippen molar-refractivity contribution in [1.29, 1.82) is 0 Å². The largest absolute Gasteiger partial charge is 0.395 e. The maximum atomic E-state index is 8.76. The van der Waals surface area contributed by atoms with Crippen LogP contribution in [-0.2, 0) is 13.0 Å². The Balaban J connectivity index is 2.11. The molecule has 0 unspecified atom stereocenters. The Morgan fingerprint density at radius 2 is 2.46 bits per heavy atom. The average Bonchev–Trinajstić information content (AvgIpc) is 2.48. The molecule has 0 spiro atoms. The second-order valence-corrected chi connectivity index (χ2v) is 3.22. The van der Waals surface area contributed by atoms with Crippen molar-refractivity contribution in [3.05, 3.63) is 11.3 Å². The van der Waals surface area contributed by atoms with Crippen molar-refractivity contribution in [2.75, 3.05) is 25.4 Å². The maximum Gasteiger partial charge on any atom is 0.225 e. The third-order valence-electron chi connectivity index (χ3n) is 2.37. The maximum absolute atomic E-state index is 8.76. The molecule has 1 aromatic heterocycles. The first-order chi connectivity index (χ1) is 6.31. The lowest BCUT2D eigenvalue weighted by Crippen LogP contribution is -2.32. The van der Waals surface area contributed by atoms with E-state index in [9.17, 15) is 0 Å². The van der Waals surface area contributed by atoms with Gasteiger partial charge in [-0.25, -0.2) is 0 Å². The van der Waals surface area contributed by atoms with Gasteiger partial charge in [-0.3, -0.25) is 4.90 Å². The van der Waals surface area contributed by atoms with Crippen LogP contribution < -0.4 is 5.73 Å². The van der Waals surface area contributed by atoms with Gasteiger partial charge >= 0.3 is 0 Å². The monoisotopic (exact) mass is 183 g/mol. The average molecular weight is 183 g/mol. The first-order valence-corrected chi connectivity index (χ1v) is 4.37. The molecule has 0 aromatic carbocycles. The van der Waals surface area contributed by atoms with Gasteiger partial charge in [0.15, 0.2) is 0 Å². The highest BCUT2D eigenvalue weighted by molar-refractivity contribution is 5.40. The van der Waals surface area contributed by atoms with Crippen LogP contribution in [0.2, 0.25) is 0 Å². The molecule has 1 aromatic rings. The van der Waals surface area contributed by atoms with Crippen molar-refractivity contribution >= 4 is 5.88 Å². The SMILES string of the molecule is Nc1onc2c1CCN(CCO)C2. The minimum atomic E-state index is 0.183. The molecule has 0 saturated heterocycles.